The van der Waals surface area contributed by atoms with E-state index in [1.54, 1.807) is 0 Å². The Morgan fingerprint density at radius 1 is 0.611 bits per heavy atom. The van der Waals surface area contributed by atoms with E-state index in [1.807, 2.05) is 35.8 Å². The van der Waals surface area contributed by atoms with Gasteiger partial charge in [0, 0.05) is 13.1 Å². The molecule has 36 heavy (non-hydrogen) atoms. The lowest BCUT2D eigenvalue weighted by molar-refractivity contribution is 0.524. The van der Waals surface area contributed by atoms with E-state index in [0.717, 1.165) is 43.3 Å². The van der Waals surface area contributed by atoms with E-state index >= 15 is 0 Å². The maximum Gasteiger partial charge on any atom is 0.352 e. The second-order valence-corrected chi connectivity index (χ2v) is 10.2. The summed E-state index contributed by atoms with van der Waals surface area (Å²) < 4.78 is 3.27. The van der Waals surface area contributed by atoms with E-state index in [2.05, 4.69) is 16.9 Å². The Labute approximate surface area is 216 Å². The highest BCUT2D eigenvalue weighted by Crippen LogP contribution is 2.22. The molecule has 0 fully saturated rings. The van der Waals surface area contributed by atoms with Crippen LogP contribution in [0.4, 0.5) is 0 Å². The van der Waals surface area contributed by atoms with Gasteiger partial charge in [-0.25, -0.2) is 9.78 Å². The average molecular weight is 495 g/mol. The van der Waals surface area contributed by atoms with Gasteiger partial charge in [0.1, 0.15) is 0 Å². The molecule has 0 aliphatic carbocycles. The van der Waals surface area contributed by atoms with Crippen LogP contribution in [0.2, 0.25) is 0 Å². The Bertz CT molecular complexity index is 1130. The first-order chi connectivity index (χ1) is 17.7. The lowest BCUT2D eigenvalue weighted by Crippen LogP contribution is -2.38. The lowest BCUT2D eigenvalue weighted by Gasteiger charge is -2.18. The molecule has 0 N–H and O–H groups in total. The smallest absolute Gasteiger partial charge is 0.322 e. The van der Waals surface area contributed by atoms with Crippen molar-refractivity contribution in [2.75, 3.05) is 0 Å². The number of unbranched alkanes of at least 4 members (excludes halogenated alkanes) is 14. The summed E-state index contributed by atoms with van der Waals surface area (Å²) in [6, 6.07) is 7.83. The number of hydrogen-bond acceptors (Lipinski definition) is 4. The van der Waals surface area contributed by atoms with Gasteiger partial charge in [0.25, 0.3) is 5.56 Å². The maximum atomic E-state index is 13.1. The number of hydrogen-bond donors (Lipinski definition) is 0. The van der Waals surface area contributed by atoms with Crippen molar-refractivity contribution in [1.82, 2.24) is 19.1 Å². The number of fused-ring (bicyclic) bond motifs is 2. The highest BCUT2D eigenvalue weighted by Gasteiger charge is 2.21. The van der Waals surface area contributed by atoms with Gasteiger partial charge in [-0.1, -0.05) is 116 Å². The molecular weight excluding hydrogens is 448 g/mol. The van der Waals surface area contributed by atoms with Gasteiger partial charge in [0.05, 0.1) is 11.0 Å². The van der Waals surface area contributed by atoms with Gasteiger partial charge in [0.2, 0.25) is 0 Å². The zero-order chi connectivity index (χ0) is 25.6. The van der Waals surface area contributed by atoms with Crippen molar-refractivity contribution in [1.29, 1.82) is 0 Å². The monoisotopic (exact) mass is 494 g/mol. The highest BCUT2D eigenvalue weighted by atomic mass is 16.2. The Morgan fingerprint density at radius 3 is 1.75 bits per heavy atom. The van der Waals surface area contributed by atoms with Crippen molar-refractivity contribution in [2.24, 2.45) is 0 Å². The number of aromatic nitrogens is 4. The SMILES string of the molecule is CCCCCCCCCCCCCCCCn1c2nc(=O)n(CCCC)c(=O)c-2nc2ccccc21. The van der Waals surface area contributed by atoms with Crippen LogP contribution in [0, 0.1) is 0 Å². The van der Waals surface area contributed by atoms with Crippen LogP contribution in [0.15, 0.2) is 33.9 Å². The summed E-state index contributed by atoms with van der Waals surface area (Å²) in [7, 11) is 0. The number of aryl methyl sites for hydroxylation is 1. The molecule has 0 aromatic heterocycles. The molecule has 1 aromatic carbocycles. The van der Waals surface area contributed by atoms with Crippen LogP contribution in [-0.2, 0) is 13.1 Å². The number of rotatable bonds is 18. The Kier molecular flexibility index (Phi) is 12.1. The van der Waals surface area contributed by atoms with Crippen molar-refractivity contribution in [3.63, 3.8) is 0 Å². The largest absolute Gasteiger partial charge is 0.352 e. The van der Waals surface area contributed by atoms with Crippen LogP contribution >= 0.6 is 0 Å². The summed E-state index contributed by atoms with van der Waals surface area (Å²) in [5, 5.41) is 0. The third-order valence-corrected chi connectivity index (χ3v) is 7.22. The first kappa shape index (κ1) is 28.1. The Morgan fingerprint density at radius 2 is 1.14 bits per heavy atom. The van der Waals surface area contributed by atoms with Crippen LogP contribution in [0.5, 0.6) is 0 Å². The highest BCUT2D eigenvalue weighted by molar-refractivity contribution is 5.79. The van der Waals surface area contributed by atoms with Gasteiger partial charge in [-0.3, -0.25) is 9.36 Å². The fourth-order valence-corrected chi connectivity index (χ4v) is 5.03. The first-order valence-electron chi connectivity index (χ1n) is 14.6. The van der Waals surface area contributed by atoms with E-state index < -0.39 is 5.69 Å². The second-order valence-electron chi connectivity index (χ2n) is 10.2. The normalized spacial score (nSPS) is 11.6. The molecule has 2 aliphatic rings. The van der Waals surface area contributed by atoms with Crippen LogP contribution in [0.25, 0.3) is 22.6 Å². The fraction of sp³-hybridized carbons (Fsp3) is 0.667. The molecule has 0 saturated heterocycles. The summed E-state index contributed by atoms with van der Waals surface area (Å²) in [4.78, 5) is 34.7. The minimum absolute atomic E-state index is 0.301. The summed E-state index contributed by atoms with van der Waals surface area (Å²) >= 11 is 0. The Balaban J connectivity index is 1.51. The van der Waals surface area contributed by atoms with E-state index in [1.165, 1.54) is 81.6 Å². The topological polar surface area (TPSA) is 69.8 Å². The van der Waals surface area contributed by atoms with Gasteiger partial charge >= 0.3 is 5.69 Å². The molecule has 6 nitrogen and oxygen atoms in total. The molecule has 1 aromatic rings. The van der Waals surface area contributed by atoms with Gasteiger partial charge in [-0.2, -0.15) is 4.98 Å². The molecule has 0 bridgehead atoms. The van der Waals surface area contributed by atoms with E-state index in [4.69, 9.17) is 0 Å². The van der Waals surface area contributed by atoms with E-state index in [-0.39, 0.29) is 5.56 Å². The van der Waals surface area contributed by atoms with Crippen molar-refractivity contribution in [3.05, 3.63) is 45.1 Å². The molecule has 2 heterocycles. The molecule has 0 atom stereocenters. The molecule has 0 unspecified atom stereocenters. The standard InChI is InChI=1S/C30H46N4O2/c1-3-5-7-8-9-10-11-12-13-14-15-16-17-20-24-33-26-22-19-18-21-25(26)31-27-28(33)32-30(36)34(29(27)35)23-6-4-2/h18-19,21-22H,3-17,20,23-24H2,1-2H3. The molecule has 0 saturated carbocycles. The third-order valence-electron chi connectivity index (χ3n) is 7.22. The summed E-state index contributed by atoms with van der Waals surface area (Å²) in [6.45, 7) is 5.45. The molecular formula is C30H46N4O2. The van der Waals surface area contributed by atoms with Crippen LogP contribution in [0.3, 0.4) is 0 Å². The molecule has 0 radical (unpaired) electrons. The molecule has 3 rings (SSSR count). The molecule has 0 spiro atoms. The molecule has 6 heteroatoms. The van der Waals surface area contributed by atoms with Crippen LogP contribution in [-0.4, -0.2) is 19.1 Å². The van der Waals surface area contributed by atoms with Crippen molar-refractivity contribution in [2.45, 2.75) is 130 Å². The summed E-state index contributed by atoms with van der Waals surface area (Å²) in [5.41, 5.74) is 1.22. The second kappa shape index (κ2) is 15.6. The average Bonchev–Trinajstić information content (AvgIpc) is 2.89. The Hall–Kier alpha value is -2.50. The van der Waals surface area contributed by atoms with E-state index in [0.29, 0.717) is 18.1 Å². The molecule has 0 amide bonds. The maximum absolute atomic E-state index is 13.1. The predicted octanol–water partition coefficient (Wildman–Crippen LogP) is 7.34. The zero-order valence-corrected chi connectivity index (χ0v) is 22.6. The minimum Gasteiger partial charge on any atom is -0.322 e. The van der Waals surface area contributed by atoms with Gasteiger partial charge in [0.15, 0.2) is 11.5 Å². The lowest BCUT2D eigenvalue weighted by atomic mass is 10.0. The molecule has 198 valence electrons. The van der Waals surface area contributed by atoms with Crippen molar-refractivity contribution >= 4 is 11.0 Å². The fourth-order valence-electron chi connectivity index (χ4n) is 5.03. The minimum atomic E-state index is -0.465. The molecule has 2 aliphatic heterocycles. The number of para-hydroxylation sites is 2. The van der Waals surface area contributed by atoms with Gasteiger partial charge in [-0.05, 0) is 25.0 Å². The van der Waals surface area contributed by atoms with E-state index in [9.17, 15) is 9.59 Å². The quantitative estimate of drug-likeness (QED) is 0.137. The van der Waals surface area contributed by atoms with Crippen LogP contribution in [0.1, 0.15) is 117 Å². The first-order valence-corrected chi connectivity index (χ1v) is 14.6. The van der Waals surface area contributed by atoms with Crippen molar-refractivity contribution < 1.29 is 0 Å². The van der Waals surface area contributed by atoms with Crippen molar-refractivity contribution in [3.8, 4) is 11.5 Å². The number of benzene rings is 1. The summed E-state index contributed by atoms with van der Waals surface area (Å²) in [5.74, 6) is 0.422. The number of nitrogens with zero attached hydrogens (tertiary/aromatic N) is 4. The predicted molar refractivity (Wildman–Crippen MR) is 150 cm³/mol. The summed E-state index contributed by atoms with van der Waals surface area (Å²) in [6.07, 6.45) is 20.1. The zero-order valence-electron chi connectivity index (χ0n) is 22.6. The third kappa shape index (κ3) is 8.01. The van der Waals surface area contributed by atoms with Gasteiger partial charge in [-0.15, -0.1) is 0 Å². The van der Waals surface area contributed by atoms with Gasteiger partial charge < -0.3 is 4.57 Å². The van der Waals surface area contributed by atoms with Crippen LogP contribution < -0.4 is 11.2 Å².